The Morgan fingerprint density at radius 3 is 2.64 bits per heavy atom. The smallest absolute Gasteiger partial charge is 0.258 e. The molecule has 9 nitrogen and oxygen atoms in total. The Bertz CT molecular complexity index is 1260. The quantitative estimate of drug-likeness (QED) is 0.495. The third kappa shape index (κ3) is 6.08. The van der Waals surface area contributed by atoms with E-state index >= 15 is 0 Å². The van der Waals surface area contributed by atoms with Crippen LogP contribution in [0.5, 0.6) is 5.75 Å². The molecule has 2 aromatic carbocycles. The van der Waals surface area contributed by atoms with Crippen molar-refractivity contribution in [3.63, 3.8) is 0 Å². The molecule has 0 saturated heterocycles. The summed E-state index contributed by atoms with van der Waals surface area (Å²) >= 11 is 0. The zero-order valence-electron chi connectivity index (χ0n) is 20.8. The third-order valence-electron chi connectivity index (χ3n) is 6.04. The van der Waals surface area contributed by atoms with E-state index in [1.807, 2.05) is 19.9 Å². The first kappa shape index (κ1) is 25.4. The average molecular weight is 490 g/mol. The number of hydrogen-bond acceptors (Lipinski definition) is 8. The predicted octanol–water partition coefficient (Wildman–Crippen LogP) is 2.96. The topological polar surface area (TPSA) is 125 Å². The SMILES string of the molecule is CC(C)Oc1ccc(-c2nc(-c3ccc4c(c3)CCN(CC(=O)N[C@H](C)CO)CC4)no2)cc1C#N. The van der Waals surface area contributed by atoms with Crippen molar-refractivity contribution < 1.29 is 19.2 Å². The molecule has 36 heavy (non-hydrogen) atoms. The van der Waals surface area contributed by atoms with Gasteiger partial charge in [0.2, 0.25) is 11.7 Å². The van der Waals surface area contributed by atoms with Gasteiger partial charge >= 0.3 is 0 Å². The van der Waals surface area contributed by atoms with Crippen molar-refractivity contribution >= 4 is 5.91 Å². The molecule has 1 aliphatic heterocycles. The van der Waals surface area contributed by atoms with Gasteiger partial charge in [0.15, 0.2) is 0 Å². The number of aliphatic hydroxyl groups excluding tert-OH is 1. The maximum absolute atomic E-state index is 12.2. The summed E-state index contributed by atoms with van der Waals surface area (Å²) in [5, 5.41) is 25.6. The van der Waals surface area contributed by atoms with Crippen LogP contribution >= 0.6 is 0 Å². The van der Waals surface area contributed by atoms with E-state index in [0.717, 1.165) is 31.5 Å². The number of hydrogen-bond donors (Lipinski definition) is 2. The summed E-state index contributed by atoms with van der Waals surface area (Å²) in [5.41, 5.74) is 4.36. The van der Waals surface area contributed by atoms with Crippen molar-refractivity contribution in [2.75, 3.05) is 26.2 Å². The number of ether oxygens (including phenoxy) is 1. The fraction of sp³-hybridized carbons (Fsp3) is 0.407. The van der Waals surface area contributed by atoms with Gasteiger partial charge in [-0.2, -0.15) is 10.2 Å². The molecule has 188 valence electrons. The summed E-state index contributed by atoms with van der Waals surface area (Å²) in [5.74, 6) is 1.26. The Morgan fingerprint density at radius 2 is 1.92 bits per heavy atom. The van der Waals surface area contributed by atoms with Crippen LogP contribution in [0.2, 0.25) is 0 Å². The highest BCUT2D eigenvalue weighted by atomic mass is 16.5. The standard InChI is InChI=1S/C27H31N5O4/c1-17(2)35-24-7-6-22(13-23(24)14-28)27-30-26(31-36-27)21-5-4-19-8-10-32(11-9-20(19)12-21)15-25(34)29-18(3)16-33/h4-7,12-13,17-18,33H,8-11,15-16H2,1-3H3,(H,29,34)/t18-/m1/s1. The maximum Gasteiger partial charge on any atom is 0.258 e. The van der Waals surface area contributed by atoms with Crippen LogP contribution in [0.15, 0.2) is 40.9 Å². The second-order valence-electron chi connectivity index (χ2n) is 9.32. The Balaban J connectivity index is 1.47. The first-order valence-electron chi connectivity index (χ1n) is 12.2. The van der Waals surface area contributed by atoms with E-state index in [0.29, 0.717) is 35.1 Å². The van der Waals surface area contributed by atoms with Crippen molar-refractivity contribution in [1.82, 2.24) is 20.4 Å². The van der Waals surface area contributed by atoms with E-state index < -0.39 is 0 Å². The van der Waals surface area contributed by atoms with E-state index in [2.05, 4.69) is 38.6 Å². The highest BCUT2D eigenvalue weighted by Crippen LogP contribution is 2.29. The summed E-state index contributed by atoms with van der Waals surface area (Å²) in [4.78, 5) is 18.9. The second-order valence-corrected chi connectivity index (χ2v) is 9.32. The minimum atomic E-state index is -0.248. The van der Waals surface area contributed by atoms with Gasteiger partial charge in [0.25, 0.3) is 5.89 Å². The normalized spacial score (nSPS) is 14.6. The Labute approximate surface area is 210 Å². The van der Waals surface area contributed by atoms with Gasteiger partial charge in [-0.05, 0) is 69.0 Å². The second kappa shape index (κ2) is 11.3. The summed E-state index contributed by atoms with van der Waals surface area (Å²) in [7, 11) is 0. The molecule has 1 atom stereocenters. The average Bonchev–Trinajstić information content (AvgIpc) is 3.27. The molecule has 2 N–H and O–H groups in total. The van der Waals surface area contributed by atoms with E-state index in [4.69, 9.17) is 14.4 Å². The zero-order valence-corrected chi connectivity index (χ0v) is 20.8. The van der Waals surface area contributed by atoms with E-state index in [9.17, 15) is 10.1 Å². The highest BCUT2D eigenvalue weighted by molar-refractivity contribution is 5.78. The number of carbonyl (C=O) groups is 1. The van der Waals surface area contributed by atoms with Crippen LogP contribution in [0, 0.1) is 11.3 Å². The minimum absolute atomic E-state index is 0.0367. The Morgan fingerprint density at radius 1 is 1.17 bits per heavy atom. The molecular formula is C27H31N5O4. The van der Waals surface area contributed by atoms with Crippen LogP contribution in [0.25, 0.3) is 22.8 Å². The van der Waals surface area contributed by atoms with E-state index in [-0.39, 0.29) is 24.7 Å². The van der Waals surface area contributed by atoms with E-state index in [1.54, 1.807) is 25.1 Å². The highest BCUT2D eigenvalue weighted by Gasteiger charge is 2.19. The first-order chi connectivity index (χ1) is 17.4. The van der Waals surface area contributed by atoms with Crippen molar-refractivity contribution in [3.8, 4) is 34.7 Å². The number of nitrogens with one attached hydrogen (secondary N) is 1. The number of benzene rings is 2. The van der Waals surface area contributed by atoms with Crippen molar-refractivity contribution in [2.24, 2.45) is 0 Å². The molecule has 0 unspecified atom stereocenters. The zero-order chi connectivity index (χ0) is 25.7. The Hall–Kier alpha value is -3.74. The van der Waals surface area contributed by atoms with Crippen LogP contribution in [-0.4, -0.2) is 64.4 Å². The summed E-state index contributed by atoms with van der Waals surface area (Å²) < 4.78 is 11.2. The number of rotatable bonds is 8. The lowest BCUT2D eigenvalue weighted by molar-refractivity contribution is -0.123. The first-order valence-corrected chi connectivity index (χ1v) is 12.2. The molecule has 0 aliphatic carbocycles. The molecule has 1 amide bonds. The number of fused-ring (bicyclic) bond motifs is 1. The minimum Gasteiger partial charge on any atom is -0.490 e. The molecule has 1 aromatic heterocycles. The van der Waals surface area contributed by atoms with Crippen molar-refractivity contribution in [3.05, 3.63) is 53.1 Å². The molecular weight excluding hydrogens is 458 g/mol. The van der Waals surface area contributed by atoms with Gasteiger partial charge in [0, 0.05) is 30.3 Å². The number of carbonyl (C=O) groups excluding carboxylic acids is 1. The molecule has 0 bridgehead atoms. The van der Waals surface area contributed by atoms with Gasteiger partial charge in [0.05, 0.1) is 24.8 Å². The molecule has 1 aliphatic rings. The summed E-state index contributed by atoms with van der Waals surface area (Å²) in [6, 6.07) is 13.3. The largest absolute Gasteiger partial charge is 0.490 e. The predicted molar refractivity (Wildman–Crippen MR) is 134 cm³/mol. The monoisotopic (exact) mass is 489 g/mol. The van der Waals surface area contributed by atoms with Gasteiger partial charge < -0.3 is 19.7 Å². The molecule has 0 fully saturated rings. The van der Waals surface area contributed by atoms with Crippen LogP contribution in [0.1, 0.15) is 37.5 Å². The molecule has 2 heterocycles. The molecule has 0 radical (unpaired) electrons. The van der Waals surface area contributed by atoms with Gasteiger partial charge in [-0.3, -0.25) is 9.69 Å². The van der Waals surface area contributed by atoms with Crippen molar-refractivity contribution in [2.45, 2.75) is 45.8 Å². The fourth-order valence-electron chi connectivity index (χ4n) is 4.20. The molecule has 0 spiro atoms. The van der Waals surface area contributed by atoms with Crippen LogP contribution in [0.3, 0.4) is 0 Å². The van der Waals surface area contributed by atoms with Gasteiger partial charge in [-0.15, -0.1) is 0 Å². The molecule has 9 heteroatoms. The van der Waals surface area contributed by atoms with Crippen LogP contribution in [-0.2, 0) is 17.6 Å². The molecule has 4 rings (SSSR count). The summed E-state index contributed by atoms with van der Waals surface area (Å²) in [6.45, 7) is 7.38. The number of amides is 1. The van der Waals surface area contributed by atoms with Crippen LogP contribution < -0.4 is 10.1 Å². The van der Waals surface area contributed by atoms with Gasteiger partial charge in [-0.25, -0.2) is 0 Å². The lowest BCUT2D eigenvalue weighted by Gasteiger charge is -2.20. The van der Waals surface area contributed by atoms with Gasteiger partial charge in [-0.1, -0.05) is 17.3 Å². The van der Waals surface area contributed by atoms with Gasteiger partial charge in [0.1, 0.15) is 11.8 Å². The number of nitriles is 1. The maximum atomic E-state index is 12.2. The van der Waals surface area contributed by atoms with Crippen LogP contribution in [0.4, 0.5) is 0 Å². The number of aromatic nitrogens is 2. The Kier molecular flexibility index (Phi) is 7.98. The lowest BCUT2D eigenvalue weighted by atomic mass is 10.00. The van der Waals surface area contributed by atoms with E-state index in [1.165, 1.54) is 11.1 Å². The fourth-order valence-corrected chi connectivity index (χ4v) is 4.20. The van der Waals surface area contributed by atoms with Crippen molar-refractivity contribution in [1.29, 1.82) is 5.26 Å². The summed E-state index contributed by atoms with van der Waals surface area (Å²) in [6.07, 6.45) is 1.61. The lowest BCUT2D eigenvalue weighted by Crippen LogP contribution is -2.43. The number of aliphatic hydroxyl groups is 1. The number of nitrogens with zero attached hydrogens (tertiary/aromatic N) is 4. The molecule has 0 saturated carbocycles. The third-order valence-corrected chi connectivity index (χ3v) is 6.04. The molecule has 3 aromatic rings.